The molecule has 5 heteroatoms. The van der Waals surface area contributed by atoms with Crippen molar-refractivity contribution in [3.05, 3.63) is 59.9 Å². The number of rotatable bonds is 5. The highest BCUT2D eigenvalue weighted by Gasteiger charge is 2.09. The summed E-state index contributed by atoms with van der Waals surface area (Å²) in [7, 11) is 1.58. The van der Waals surface area contributed by atoms with E-state index in [0.29, 0.717) is 11.3 Å². The van der Waals surface area contributed by atoms with Crippen LogP contribution in [0.1, 0.15) is 16.8 Å². The molecule has 0 fully saturated rings. The monoisotopic (exact) mass is 286 g/mol. The van der Waals surface area contributed by atoms with E-state index in [4.69, 9.17) is 10.1 Å². The Balaban J connectivity index is 1.94. The van der Waals surface area contributed by atoms with Gasteiger partial charge < -0.3 is 10.1 Å². The summed E-state index contributed by atoms with van der Waals surface area (Å²) in [5.41, 5.74) is 1.09. The van der Waals surface area contributed by atoms with Crippen LogP contribution in [0, 0.1) is 11.2 Å². The molecule has 0 spiro atoms. The first-order valence-electron chi connectivity index (χ1n) is 6.36. The lowest BCUT2D eigenvalue weighted by Crippen LogP contribution is -2.15. The lowest BCUT2D eigenvalue weighted by Gasteiger charge is -2.08. The second-order valence-corrected chi connectivity index (χ2v) is 4.44. The maximum atomic E-state index is 12.8. The van der Waals surface area contributed by atoms with E-state index >= 15 is 0 Å². The summed E-state index contributed by atoms with van der Waals surface area (Å²) in [5, 5.41) is 10.6. The summed E-state index contributed by atoms with van der Waals surface area (Å²) in [5.74, 6) is 0.169. The van der Waals surface area contributed by atoms with Gasteiger partial charge in [-0.15, -0.1) is 0 Å². The van der Waals surface area contributed by atoms with Crippen molar-refractivity contribution in [3.63, 3.8) is 0 Å². The molecular weight excluding hydrogens is 271 g/mol. The Labute approximate surface area is 122 Å². The molecule has 21 heavy (non-hydrogen) atoms. The number of ether oxygens (including phenoxy) is 1. The Bertz CT molecular complexity index is 636. The molecule has 0 aliphatic rings. The molecule has 0 aromatic heterocycles. The van der Waals surface area contributed by atoms with Crippen LogP contribution in [0.15, 0.2) is 48.5 Å². The highest BCUT2D eigenvalue weighted by atomic mass is 19.1. The van der Waals surface area contributed by atoms with Crippen LogP contribution in [-0.4, -0.2) is 18.7 Å². The molecule has 2 rings (SSSR count). The van der Waals surface area contributed by atoms with E-state index in [2.05, 4.69) is 5.32 Å². The van der Waals surface area contributed by atoms with Gasteiger partial charge in [0.15, 0.2) is 5.78 Å². The largest absolute Gasteiger partial charge is 0.497 e. The number of methoxy groups -OCH3 is 1. The van der Waals surface area contributed by atoms with Crippen molar-refractivity contribution in [1.82, 2.24) is 0 Å². The lowest BCUT2D eigenvalue weighted by atomic mass is 10.1. The first-order valence-corrected chi connectivity index (χ1v) is 6.36. The summed E-state index contributed by atoms with van der Waals surface area (Å²) in [6, 6.07) is 12.3. The number of carbonyl (C=O) groups excluding carboxylic acids is 1. The van der Waals surface area contributed by atoms with E-state index in [1.165, 1.54) is 24.3 Å². The van der Waals surface area contributed by atoms with Crippen LogP contribution in [-0.2, 0) is 0 Å². The van der Waals surface area contributed by atoms with Crippen molar-refractivity contribution in [1.29, 1.82) is 5.41 Å². The average Bonchev–Trinajstić information content (AvgIpc) is 2.48. The van der Waals surface area contributed by atoms with Gasteiger partial charge in [0.05, 0.1) is 13.5 Å². The Kier molecular flexibility index (Phi) is 4.66. The number of amidine groups is 1. The molecule has 0 unspecified atom stereocenters. The topological polar surface area (TPSA) is 62.2 Å². The fourth-order valence-electron chi connectivity index (χ4n) is 1.79. The summed E-state index contributed by atoms with van der Waals surface area (Å²) in [4.78, 5) is 11.9. The second kappa shape index (κ2) is 6.65. The van der Waals surface area contributed by atoms with Gasteiger partial charge in [0.1, 0.15) is 17.4 Å². The Morgan fingerprint density at radius 2 is 1.76 bits per heavy atom. The second-order valence-electron chi connectivity index (χ2n) is 4.44. The molecule has 0 radical (unpaired) electrons. The Morgan fingerprint density at radius 3 is 2.33 bits per heavy atom. The van der Waals surface area contributed by atoms with Gasteiger partial charge in [-0.25, -0.2) is 4.39 Å². The molecule has 2 aromatic carbocycles. The van der Waals surface area contributed by atoms with E-state index in [0.717, 1.165) is 5.75 Å². The van der Waals surface area contributed by atoms with Crippen molar-refractivity contribution in [2.24, 2.45) is 0 Å². The highest BCUT2D eigenvalue weighted by molar-refractivity contribution is 6.11. The van der Waals surface area contributed by atoms with Gasteiger partial charge >= 0.3 is 0 Å². The van der Waals surface area contributed by atoms with Crippen LogP contribution in [0.3, 0.4) is 0 Å². The molecule has 0 amide bonds. The van der Waals surface area contributed by atoms with Crippen molar-refractivity contribution < 1.29 is 13.9 Å². The fourth-order valence-corrected chi connectivity index (χ4v) is 1.79. The minimum absolute atomic E-state index is 0.0718. The third-order valence-corrected chi connectivity index (χ3v) is 2.89. The van der Waals surface area contributed by atoms with Crippen molar-refractivity contribution in [2.75, 3.05) is 12.4 Å². The SMILES string of the molecule is COc1ccc(NC(=N)CC(=O)c2ccc(F)cc2)cc1. The molecule has 2 N–H and O–H groups in total. The molecule has 4 nitrogen and oxygen atoms in total. The number of carbonyl (C=O) groups is 1. The van der Waals surface area contributed by atoms with Gasteiger partial charge in [-0.1, -0.05) is 0 Å². The van der Waals surface area contributed by atoms with Crippen LogP contribution in [0.5, 0.6) is 5.75 Å². The van der Waals surface area contributed by atoms with Crippen LogP contribution in [0.2, 0.25) is 0 Å². The zero-order valence-corrected chi connectivity index (χ0v) is 11.5. The number of anilines is 1. The minimum Gasteiger partial charge on any atom is -0.497 e. The van der Waals surface area contributed by atoms with Crippen molar-refractivity contribution in [3.8, 4) is 5.75 Å². The lowest BCUT2D eigenvalue weighted by molar-refractivity contribution is 0.100. The zero-order chi connectivity index (χ0) is 15.2. The molecule has 0 aliphatic carbocycles. The predicted molar refractivity (Wildman–Crippen MR) is 79.7 cm³/mol. The summed E-state index contributed by atoms with van der Waals surface area (Å²) in [6.45, 7) is 0. The van der Waals surface area contributed by atoms with Crippen LogP contribution in [0.4, 0.5) is 10.1 Å². The number of benzene rings is 2. The molecule has 108 valence electrons. The van der Waals surface area contributed by atoms with Crippen molar-refractivity contribution in [2.45, 2.75) is 6.42 Å². The first kappa shape index (κ1) is 14.7. The summed E-state index contributed by atoms with van der Waals surface area (Å²) in [6.07, 6.45) is -0.0718. The predicted octanol–water partition coefficient (Wildman–Crippen LogP) is 3.50. The minimum atomic E-state index is -0.391. The number of halogens is 1. The molecular formula is C16H15FN2O2. The third kappa shape index (κ3) is 4.14. The third-order valence-electron chi connectivity index (χ3n) is 2.89. The van der Waals surface area contributed by atoms with E-state index in [9.17, 15) is 9.18 Å². The number of hydrogen-bond donors (Lipinski definition) is 2. The van der Waals surface area contributed by atoms with E-state index in [1.54, 1.807) is 31.4 Å². The maximum Gasteiger partial charge on any atom is 0.170 e. The van der Waals surface area contributed by atoms with Crippen LogP contribution >= 0.6 is 0 Å². The standard InChI is InChI=1S/C16H15FN2O2/c1-21-14-8-6-13(7-9-14)19-16(18)10-15(20)11-2-4-12(17)5-3-11/h2-9H,10H2,1H3,(H2,18,19). The molecule has 0 bridgehead atoms. The van der Waals surface area contributed by atoms with E-state index < -0.39 is 5.82 Å². The van der Waals surface area contributed by atoms with Crippen LogP contribution in [0.25, 0.3) is 0 Å². The molecule has 0 heterocycles. The Hall–Kier alpha value is -2.69. The molecule has 2 aromatic rings. The maximum absolute atomic E-state index is 12.8. The fraction of sp³-hybridized carbons (Fsp3) is 0.125. The normalized spacial score (nSPS) is 10.0. The molecule has 0 saturated heterocycles. The van der Waals surface area contributed by atoms with Gasteiger partial charge in [-0.05, 0) is 48.5 Å². The Morgan fingerprint density at radius 1 is 1.14 bits per heavy atom. The first-order chi connectivity index (χ1) is 10.1. The number of nitrogens with one attached hydrogen (secondary N) is 2. The summed E-state index contributed by atoms with van der Waals surface area (Å²) >= 11 is 0. The quantitative estimate of drug-likeness (QED) is 0.502. The van der Waals surface area contributed by atoms with E-state index in [-0.39, 0.29) is 18.0 Å². The van der Waals surface area contributed by atoms with Gasteiger partial charge in [0.25, 0.3) is 0 Å². The number of hydrogen-bond acceptors (Lipinski definition) is 3. The number of ketones is 1. The number of Topliss-reactive ketones (excluding diaryl/α,β-unsaturated/α-hetero) is 1. The van der Waals surface area contributed by atoms with Gasteiger partial charge in [0.2, 0.25) is 0 Å². The van der Waals surface area contributed by atoms with Gasteiger partial charge in [-0.2, -0.15) is 0 Å². The smallest absolute Gasteiger partial charge is 0.170 e. The summed E-state index contributed by atoms with van der Waals surface area (Å²) < 4.78 is 17.8. The van der Waals surface area contributed by atoms with E-state index in [1.807, 2.05) is 0 Å². The molecule has 0 aliphatic heterocycles. The van der Waals surface area contributed by atoms with Gasteiger partial charge in [-0.3, -0.25) is 10.2 Å². The van der Waals surface area contributed by atoms with Crippen LogP contribution < -0.4 is 10.1 Å². The zero-order valence-electron chi connectivity index (χ0n) is 11.5. The molecule has 0 atom stereocenters. The molecule has 0 saturated carbocycles. The highest BCUT2D eigenvalue weighted by Crippen LogP contribution is 2.15. The van der Waals surface area contributed by atoms with Crippen molar-refractivity contribution >= 4 is 17.3 Å². The average molecular weight is 286 g/mol. The van der Waals surface area contributed by atoms with Gasteiger partial charge in [0, 0.05) is 11.3 Å².